The molecule has 1 aliphatic heterocycles. The summed E-state index contributed by atoms with van der Waals surface area (Å²) < 4.78 is 11.6. The maximum absolute atomic E-state index is 12.2. The molecular weight excluding hydrogens is 514 g/mol. The van der Waals surface area contributed by atoms with Crippen LogP contribution in [0, 0.1) is 11.3 Å². The van der Waals surface area contributed by atoms with E-state index in [0.29, 0.717) is 42.1 Å². The van der Waals surface area contributed by atoms with Crippen LogP contribution in [-0.4, -0.2) is 51.9 Å². The number of nitrogens with zero attached hydrogens (tertiary/aromatic N) is 3. The fraction of sp³-hybridized carbons (Fsp3) is 0.516. The van der Waals surface area contributed by atoms with Gasteiger partial charge >= 0.3 is 5.97 Å². The van der Waals surface area contributed by atoms with Crippen molar-refractivity contribution in [3.8, 4) is 22.8 Å². The number of hydrogen-bond donors (Lipinski definition) is 1. The average molecular weight is 552 g/mol. The minimum Gasteiger partial charge on any atom is -0.481 e. The van der Waals surface area contributed by atoms with Crippen LogP contribution in [0.4, 0.5) is 0 Å². The van der Waals surface area contributed by atoms with E-state index in [1.165, 1.54) is 18.4 Å². The second kappa shape index (κ2) is 12.2. The Kier molecular flexibility index (Phi) is 8.70. The molecule has 1 N–H and O–H groups in total. The third-order valence-corrected chi connectivity index (χ3v) is 8.49. The molecule has 8 heteroatoms. The lowest BCUT2D eigenvalue weighted by Gasteiger charge is -2.39. The monoisotopic (exact) mass is 551 g/mol. The molecule has 1 aromatic heterocycles. The number of aliphatic carboxylic acids is 1. The van der Waals surface area contributed by atoms with E-state index in [1.807, 2.05) is 30.3 Å². The van der Waals surface area contributed by atoms with Gasteiger partial charge in [-0.1, -0.05) is 73.8 Å². The second-order valence-electron chi connectivity index (χ2n) is 11.6. The number of halogens is 1. The zero-order valence-corrected chi connectivity index (χ0v) is 23.6. The number of carboxylic acid groups (broad SMARTS) is 1. The molecule has 39 heavy (non-hydrogen) atoms. The normalized spacial score (nSPS) is 18.2. The van der Waals surface area contributed by atoms with E-state index in [0.717, 1.165) is 55.6 Å². The highest BCUT2D eigenvalue weighted by molar-refractivity contribution is 6.31. The van der Waals surface area contributed by atoms with Crippen LogP contribution in [0.5, 0.6) is 0 Å². The molecule has 1 saturated heterocycles. The summed E-state index contributed by atoms with van der Waals surface area (Å²) in [5.74, 6) is 0.780. The Hall–Kier alpha value is -2.74. The van der Waals surface area contributed by atoms with Crippen LogP contribution in [0.1, 0.15) is 63.5 Å². The Morgan fingerprint density at radius 2 is 1.82 bits per heavy atom. The number of benzene rings is 2. The van der Waals surface area contributed by atoms with Crippen molar-refractivity contribution in [1.82, 2.24) is 15.0 Å². The maximum Gasteiger partial charge on any atom is 0.312 e. The van der Waals surface area contributed by atoms with Crippen molar-refractivity contribution >= 4 is 17.6 Å². The first-order valence-corrected chi connectivity index (χ1v) is 14.5. The van der Waals surface area contributed by atoms with Crippen LogP contribution in [0.25, 0.3) is 22.8 Å². The maximum atomic E-state index is 12.2. The standard InChI is InChI=1S/C31H38ClN3O4/c1-21(2)17-24-11-12-25(18-27(24)32)29-33-28(34-39-29)23-9-7-22(8-10-23)19-35-15-13-31(14-16-35,30(36)37)20-38-26-5-3-4-6-26/h7-12,18,21,26H,3-6,13-17,19-20H2,1-2H3,(H,36,37). The lowest BCUT2D eigenvalue weighted by atomic mass is 9.79. The van der Waals surface area contributed by atoms with Gasteiger partial charge in [0.1, 0.15) is 0 Å². The molecule has 0 bridgehead atoms. The molecule has 3 aromatic rings. The lowest BCUT2D eigenvalue weighted by Crippen LogP contribution is -2.47. The number of rotatable bonds is 10. The Balaban J connectivity index is 1.17. The number of aromatic nitrogens is 2. The molecule has 0 atom stereocenters. The predicted octanol–water partition coefficient (Wildman–Crippen LogP) is 6.88. The van der Waals surface area contributed by atoms with Gasteiger partial charge in [0, 0.05) is 22.7 Å². The van der Waals surface area contributed by atoms with Crippen molar-refractivity contribution in [2.24, 2.45) is 11.3 Å². The third-order valence-electron chi connectivity index (χ3n) is 8.14. The van der Waals surface area contributed by atoms with Crippen molar-refractivity contribution < 1.29 is 19.2 Å². The van der Waals surface area contributed by atoms with Gasteiger partial charge in [-0.15, -0.1) is 0 Å². The van der Waals surface area contributed by atoms with E-state index < -0.39 is 11.4 Å². The fourth-order valence-corrected chi connectivity index (χ4v) is 5.91. The van der Waals surface area contributed by atoms with Crippen LogP contribution in [0.3, 0.4) is 0 Å². The summed E-state index contributed by atoms with van der Waals surface area (Å²) in [6.45, 7) is 6.94. The highest BCUT2D eigenvalue weighted by Crippen LogP contribution is 2.35. The van der Waals surface area contributed by atoms with Crippen LogP contribution >= 0.6 is 11.6 Å². The van der Waals surface area contributed by atoms with Gasteiger partial charge < -0.3 is 14.4 Å². The number of hydrogen-bond acceptors (Lipinski definition) is 6. The fourth-order valence-electron chi connectivity index (χ4n) is 5.65. The Morgan fingerprint density at radius 1 is 1.13 bits per heavy atom. The SMILES string of the molecule is CC(C)Cc1ccc(-c2nc(-c3ccc(CN4CCC(COC5CCCC5)(C(=O)O)CC4)cc3)no2)cc1Cl. The molecule has 2 fully saturated rings. The molecule has 0 spiro atoms. The van der Waals surface area contributed by atoms with Gasteiger partial charge in [0.25, 0.3) is 5.89 Å². The van der Waals surface area contributed by atoms with Crippen molar-refractivity contribution in [3.63, 3.8) is 0 Å². The number of ether oxygens (including phenoxy) is 1. The lowest BCUT2D eigenvalue weighted by molar-refractivity contribution is -0.159. The van der Waals surface area contributed by atoms with E-state index in [-0.39, 0.29) is 6.10 Å². The van der Waals surface area contributed by atoms with Crippen molar-refractivity contribution in [1.29, 1.82) is 0 Å². The van der Waals surface area contributed by atoms with Crippen LogP contribution < -0.4 is 0 Å². The first-order valence-electron chi connectivity index (χ1n) is 14.1. The first-order chi connectivity index (χ1) is 18.8. The third kappa shape index (κ3) is 6.71. The topological polar surface area (TPSA) is 88.7 Å². The molecule has 5 rings (SSSR count). The van der Waals surface area contributed by atoms with Crippen LogP contribution in [0.15, 0.2) is 47.0 Å². The zero-order valence-electron chi connectivity index (χ0n) is 22.9. The molecule has 1 aliphatic carbocycles. The van der Waals surface area contributed by atoms with Crippen molar-refractivity contribution in [2.75, 3.05) is 19.7 Å². The van der Waals surface area contributed by atoms with E-state index >= 15 is 0 Å². The molecule has 0 amide bonds. The molecule has 1 saturated carbocycles. The Bertz CT molecular complexity index is 1260. The largest absolute Gasteiger partial charge is 0.481 e. The molecule has 7 nitrogen and oxygen atoms in total. The van der Waals surface area contributed by atoms with Gasteiger partial charge in [0.05, 0.1) is 18.1 Å². The number of likely N-dealkylation sites (tertiary alicyclic amines) is 1. The van der Waals surface area contributed by atoms with E-state index in [9.17, 15) is 9.90 Å². The minimum atomic E-state index is -0.766. The Labute approximate surface area is 235 Å². The molecule has 0 radical (unpaired) electrons. The highest BCUT2D eigenvalue weighted by atomic mass is 35.5. The van der Waals surface area contributed by atoms with E-state index in [4.69, 9.17) is 20.9 Å². The van der Waals surface area contributed by atoms with E-state index in [2.05, 4.69) is 41.0 Å². The molecule has 2 aliphatic rings. The van der Waals surface area contributed by atoms with Crippen LogP contribution in [-0.2, 0) is 22.5 Å². The summed E-state index contributed by atoms with van der Waals surface area (Å²) in [7, 11) is 0. The zero-order chi connectivity index (χ0) is 27.4. The summed E-state index contributed by atoms with van der Waals surface area (Å²) in [5.41, 5.74) is 3.20. The predicted molar refractivity (Wildman–Crippen MR) is 152 cm³/mol. The molecule has 2 aromatic carbocycles. The van der Waals surface area contributed by atoms with Gasteiger partial charge in [-0.05, 0) is 74.4 Å². The molecule has 208 valence electrons. The minimum absolute atomic E-state index is 0.237. The molecule has 2 heterocycles. The van der Waals surface area contributed by atoms with Gasteiger partial charge in [0.15, 0.2) is 0 Å². The Morgan fingerprint density at radius 3 is 2.46 bits per heavy atom. The number of carboxylic acids is 1. The quantitative estimate of drug-likeness (QED) is 0.294. The second-order valence-corrected chi connectivity index (χ2v) is 12.0. The molecule has 0 unspecified atom stereocenters. The van der Waals surface area contributed by atoms with E-state index in [1.54, 1.807) is 0 Å². The van der Waals surface area contributed by atoms with Crippen molar-refractivity contribution in [2.45, 2.75) is 71.4 Å². The van der Waals surface area contributed by atoms with Gasteiger partial charge in [-0.2, -0.15) is 4.98 Å². The molecular formula is C31H38ClN3O4. The highest BCUT2D eigenvalue weighted by Gasteiger charge is 2.42. The number of piperidine rings is 1. The van der Waals surface area contributed by atoms with Gasteiger partial charge in [-0.3, -0.25) is 9.69 Å². The summed E-state index contributed by atoms with van der Waals surface area (Å²) >= 11 is 6.49. The smallest absolute Gasteiger partial charge is 0.312 e. The summed E-state index contributed by atoms with van der Waals surface area (Å²) in [6.07, 6.45) is 6.88. The van der Waals surface area contributed by atoms with Gasteiger partial charge in [0.2, 0.25) is 5.82 Å². The first kappa shape index (κ1) is 27.8. The number of carbonyl (C=O) groups is 1. The summed E-state index contributed by atoms with van der Waals surface area (Å²) in [4.78, 5) is 19.1. The average Bonchev–Trinajstić information content (AvgIpc) is 3.63. The summed E-state index contributed by atoms with van der Waals surface area (Å²) in [6, 6.07) is 14.0. The summed E-state index contributed by atoms with van der Waals surface area (Å²) in [5, 5.41) is 14.9. The van der Waals surface area contributed by atoms with Gasteiger partial charge in [-0.25, -0.2) is 0 Å². The van der Waals surface area contributed by atoms with Crippen molar-refractivity contribution in [3.05, 3.63) is 58.6 Å². The van der Waals surface area contributed by atoms with Crippen LogP contribution in [0.2, 0.25) is 5.02 Å².